The Labute approximate surface area is 242 Å². The van der Waals surface area contributed by atoms with E-state index in [4.69, 9.17) is 14.8 Å². The summed E-state index contributed by atoms with van der Waals surface area (Å²) < 4.78 is 8.81. The van der Waals surface area contributed by atoms with E-state index < -0.39 is 0 Å². The summed E-state index contributed by atoms with van der Waals surface area (Å²) in [6, 6.07) is 14.5. The predicted molar refractivity (Wildman–Crippen MR) is 159 cm³/mol. The molecule has 10 heteroatoms. The van der Waals surface area contributed by atoms with Gasteiger partial charge >= 0.3 is 0 Å². The third-order valence-electron chi connectivity index (χ3n) is 7.75. The molecule has 1 aliphatic carbocycles. The number of nitrogens with one attached hydrogen (secondary N) is 1. The Morgan fingerprint density at radius 1 is 1.10 bits per heavy atom. The molecule has 2 aromatic heterocycles. The topological polar surface area (TPSA) is 88.4 Å². The molecule has 4 aromatic rings. The molecule has 3 heterocycles. The second-order valence-corrected chi connectivity index (χ2v) is 11.2. The van der Waals surface area contributed by atoms with E-state index in [1.54, 1.807) is 14.0 Å². The number of benzene rings is 2. The third-order valence-corrected chi connectivity index (χ3v) is 8.25. The monoisotopic (exact) mass is 601 g/mol. The van der Waals surface area contributed by atoms with Gasteiger partial charge in [-0.15, -0.1) is 0 Å². The maximum absolute atomic E-state index is 11.7. The van der Waals surface area contributed by atoms with Crippen molar-refractivity contribution in [2.75, 3.05) is 43.5 Å². The second kappa shape index (κ2) is 10.9. The zero-order chi connectivity index (χ0) is 27.8. The zero-order valence-electron chi connectivity index (χ0n) is 22.9. The first-order chi connectivity index (χ1) is 19.4. The van der Waals surface area contributed by atoms with Crippen molar-refractivity contribution in [3.05, 3.63) is 75.6 Å². The lowest BCUT2D eigenvalue weighted by atomic mass is 9.91. The van der Waals surface area contributed by atoms with E-state index in [0.717, 1.165) is 89.5 Å². The number of anilines is 3. The van der Waals surface area contributed by atoms with E-state index in [2.05, 4.69) is 55.4 Å². The largest absolute Gasteiger partial charge is 0.494 e. The lowest BCUT2D eigenvalue weighted by molar-refractivity contribution is -0.129. The summed E-state index contributed by atoms with van der Waals surface area (Å²) in [4.78, 5) is 25.5. The summed E-state index contributed by atoms with van der Waals surface area (Å²) in [6.45, 7) is 4.65. The molecule has 1 aliphatic heterocycles. The van der Waals surface area contributed by atoms with Gasteiger partial charge in [0.15, 0.2) is 0 Å². The number of aryl methyl sites for hydroxylation is 3. The summed E-state index contributed by atoms with van der Waals surface area (Å²) in [5.41, 5.74) is 8.49. The molecule has 6 rings (SSSR count). The fourth-order valence-electron chi connectivity index (χ4n) is 5.61. The van der Waals surface area contributed by atoms with Crippen LogP contribution < -0.4 is 15.0 Å². The lowest BCUT2D eigenvalue weighted by Gasteiger charge is -2.35. The van der Waals surface area contributed by atoms with Gasteiger partial charge in [-0.1, -0.05) is 28.1 Å². The van der Waals surface area contributed by atoms with Crippen LogP contribution in [0.3, 0.4) is 0 Å². The van der Waals surface area contributed by atoms with Gasteiger partial charge in [0, 0.05) is 74.6 Å². The Morgan fingerprint density at radius 2 is 1.93 bits per heavy atom. The summed E-state index contributed by atoms with van der Waals surface area (Å²) in [6.07, 6.45) is 4.44. The molecule has 1 amide bonds. The van der Waals surface area contributed by atoms with Crippen molar-refractivity contribution in [2.24, 2.45) is 7.05 Å². The van der Waals surface area contributed by atoms with Gasteiger partial charge in [0.2, 0.25) is 11.9 Å². The van der Waals surface area contributed by atoms with Gasteiger partial charge in [-0.05, 0) is 48.2 Å². The second-order valence-electron chi connectivity index (χ2n) is 10.3. The van der Waals surface area contributed by atoms with Crippen LogP contribution in [0.15, 0.2) is 53.1 Å². The van der Waals surface area contributed by atoms with Crippen molar-refractivity contribution in [2.45, 2.75) is 26.2 Å². The Hall–Kier alpha value is -3.92. The van der Waals surface area contributed by atoms with Crippen LogP contribution in [0.1, 0.15) is 29.4 Å². The van der Waals surface area contributed by atoms with Gasteiger partial charge in [-0.25, -0.2) is 9.97 Å². The van der Waals surface area contributed by atoms with Gasteiger partial charge in [-0.3, -0.25) is 9.48 Å². The number of fused-ring (bicyclic) bond motifs is 3. The first kappa shape index (κ1) is 26.3. The van der Waals surface area contributed by atoms with Crippen LogP contribution in [0, 0.1) is 0 Å². The number of aromatic nitrogens is 4. The number of halogens is 1. The number of carbonyl (C=O) groups is 1. The summed E-state index contributed by atoms with van der Waals surface area (Å²) in [5.74, 6) is 1.36. The fourth-order valence-corrected chi connectivity index (χ4v) is 6.06. The van der Waals surface area contributed by atoms with E-state index in [1.807, 2.05) is 41.0 Å². The predicted octanol–water partition coefficient (Wildman–Crippen LogP) is 4.75. The minimum absolute atomic E-state index is 0.125. The molecule has 0 atom stereocenters. The number of amides is 1. The molecule has 2 aromatic carbocycles. The Morgan fingerprint density at radius 3 is 2.67 bits per heavy atom. The number of hydrogen-bond acceptors (Lipinski definition) is 7. The SMILES string of the molecule is COc1cc(N2CCN(C(C)=O)CC2)ccc1Nc1ncc2c(n1)-c1c(nn(C)c1Cc1cccc(Br)c1)CC2. The third kappa shape index (κ3) is 5.15. The molecular formula is C30H32BrN7O2. The van der Waals surface area contributed by atoms with Gasteiger partial charge in [0.1, 0.15) is 5.75 Å². The highest BCUT2D eigenvalue weighted by Crippen LogP contribution is 2.37. The molecule has 0 bridgehead atoms. The van der Waals surface area contributed by atoms with E-state index in [0.29, 0.717) is 11.7 Å². The quantitative estimate of drug-likeness (QED) is 0.341. The minimum Gasteiger partial charge on any atom is -0.494 e. The summed E-state index contributed by atoms with van der Waals surface area (Å²) in [5, 5.41) is 8.24. The van der Waals surface area contributed by atoms with Crippen LogP contribution in [0.4, 0.5) is 17.3 Å². The first-order valence-corrected chi connectivity index (χ1v) is 14.3. The number of nitrogens with zero attached hydrogens (tertiary/aromatic N) is 6. The molecule has 2 aliphatic rings. The normalized spacial score (nSPS) is 14.5. The van der Waals surface area contributed by atoms with Gasteiger partial charge in [0.05, 0.1) is 29.9 Å². The molecule has 0 spiro atoms. The molecule has 0 unspecified atom stereocenters. The average Bonchev–Trinajstić information content (AvgIpc) is 3.28. The lowest BCUT2D eigenvalue weighted by Crippen LogP contribution is -2.48. The van der Waals surface area contributed by atoms with Crippen LogP contribution in [-0.4, -0.2) is 63.8 Å². The van der Waals surface area contributed by atoms with E-state index >= 15 is 0 Å². The molecule has 40 heavy (non-hydrogen) atoms. The van der Waals surface area contributed by atoms with Gasteiger partial charge in [-0.2, -0.15) is 5.10 Å². The maximum Gasteiger partial charge on any atom is 0.227 e. The number of carbonyl (C=O) groups excluding carboxylic acids is 1. The Kier molecular flexibility index (Phi) is 7.18. The van der Waals surface area contributed by atoms with Crippen molar-refractivity contribution in [1.29, 1.82) is 0 Å². The van der Waals surface area contributed by atoms with E-state index in [-0.39, 0.29) is 5.91 Å². The minimum atomic E-state index is 0.125. The number of rotatable bonds is 6. The Bertz CT molecular complexity index is 1580. The molecular weight excluding hydrogens is 570 g/mol. The number of piperazine rings is 1. The van der Waals surface area contributed by atoms with Gasteiger partial charge < -0.3 is 19.9 Å². The van der Waals surface area contributed by atoms with E-state index in [9.17, 15) is 4.79 Å². The number of hydrogen-bond donors (Lipinski definition) is 1. The van der Waals surface area contributed by atoms with Crippen molar-refractivity contribution in [1.82, 2.24) is 24.6 Å². The number of ether oxygens (including phenoxy) is 1. The molecule has 1 saturated heterocycles. The van der Waals surface area contributed by atoms with Crippen LogP contribution >= 0.6 is 15.9 Å². The highest BCUT2D eigenvalue weighted by Gasteiger charge is 2.27. The van der Waals surface area contributed by atoms with E-state index in [1.165, 1.54) is 5.56 Å². The van der Waals surface area contributed by atoms with Crippen LogP contribution in [0.25, 0.3) is 11.3 Å². The fraction of sp³-hybridized carbons (Fsp3) is 0.333. The number of methoxy groups -OCH3 is 1. The highest BCUT2D eigenvalue weighted by molar-refractivity contribution is 9.10. The summed E-state index contributed by atoms with van der Waals surface area (Å²) >= 11 is 3.59. The summed E-state index contributed by atoms with van der Waals surface area (Å²) in [7, 11) is 3.68. The smallest absolute Gasteiger partial charge is 0.227 e. The molecule has 0 radical (unpaired) electrons. The van der Waals surface area contributed by atoms with Gasteiger partial charge in [0.25, 0.3) is 0 Å². The molecule has 1 fully saturated rings. The average molecular weight is 603 g/mol. The van der Waals surface area contributed by atoms with Crippen LogP contribution in [0.2, 0.25) is 0 Å². The van der Waals surface area contributed by atoms with Crippen LogP contribution in [-0.2, 0) is 31.1 Å². The highest BCUT2D eigenvalue weighted by atomic mass is 79.9. The maximum atomic E-state index is 11.7. The van der Waals surface area contributed by atoms with Crippen molar-refractivity contribution < 1.29 is 9.53 Å². The Balaban J connectivity index is 1.27. The first-order valence-electron chi connectivity index (χ1n) is 13.5. The van der Waals surface area contributed by atoms with Crippen LogP contribution in [0.5, 0.6) is 5.75 Å². The van der Waals surface area contributed by atoms with Crippen molar-refractivity contribution in [3.63, 3.8) is 0 Å². The zero-order valence-corrected chi connectivity index (χ0v) is 24.5. The molecule has 206 valence electrons. The molecule has 1 N–H and O–H groups in total. The molecule has 0 saturated carbocycles. The van der Waals surface area contributed by atoms with Crippen molar-refractivity contribution in [3.8, 4) is 17.0 Å². The molecule has 9 nitrogen and oxygen atoms in total. The van der Waals surface area contributed by atoms with Crippen molar-refractivity contribution >= 4 is 39.2 Å². The standard InChI is InChI=1S/C30H32BrN7O2/c1-19(39)37-11-13-38(14-12-37)23-8-10-24(27(17-23)40-3)33-30-32-18-21-7-9-25-28(29(21)34-30)26(36(2)35-25)16-20-5-4-6-22(31)15-20/h4-6,8,10,15,17-18H,7,9,11-14,16H2,1-3H3,(H,32,33,34).